The number of methoxy groups -OCH3 is 6. The van der Waals surface area contributed by atoms with Gasteiger partial charge < -0.3 is 33.1 Å². The highest BCUT2D eigenvalue weighted by Crippen LogP contribution is 2.36. The van der Waals surface area contributed by atoms with Crippen LogP contribution in [0.25, 0.3) is 12.2 Å². The van der Waals surface area contributed by atoms with Crippen LogP contribution in [0, 0.1) is 0 Å². The van der Waals surface area contributed by atoms with Gasteiger partial charge in [-0.25, -0.2) is 8.63 Å². The first-order valence-corrected chi connectivity index (χ1v) is 10.5. The predicted molar refractivity (Wildman–Crippen MR) is 132 cm³/mol. The second-order valence-electron chi connectivity index (χ2n) is 6.89. The molecule has 0 saturated heterocycles. The SMILES string of the molecule is COc1cc(OC)c(/C=C/C(=O)/C=C(/C=C/c2c(OC)cc(OC)cc2OC)OB(F)F)c(OC)c1. The summed E-state index contributed by atoms with van der Waals surface area (Å²) in [7, 11) is 5.61. The molecule has 2 rings (SSSR count). The van der Waals surface area contributed by atoms with Crippen molar-refractivity contribution in [1.82, 2.24) is 0 Å². The van der Waals surface area contributed by atoms with E-state index in [9.17, 15) is 13.4 Å². The Bertz CT molecular complexity index is 1090. The molecule has 2 aromatic carbocycles. The lowest BCUT2D eigenvalue weighted by Crippen LogP contribution is -2.05. The molecule has 0 atom stereocenters. The molecule has 11 heteroatoms. The zero-order valence-corrected chi connectivity index (χ0v) is 20.8. The lowest BCUT2D eigenvalue weighted by atomic mass is 10.1. The van der Waals surface area contributed by atoms with Crippen LogP contribution in [0.4, 0.5) is 8.63 Å². The average molecular weight is 504 g/mol. The molecule has 0 radical (unpaired) electrons. The van der Waals surface area contributed by atoms with Crippen LogP contribution in [0.2, 0.25) is 0 Å². The van der Waals surface area contributed by atoms with Crippen LogP contribution in [0.3, 0.4) is 0 Å². The Morgan fingerprint density at radius 2 is 1.06 bits per heavy atom. The van der Waals surface area contributed by atoms with E-state index in [1.165, 1.54) is 67.0 Å². The monoisotopic (exact) mass is 504 g/mol. The number of ketones is 1. The quantitative estimate of drug-likeness (QED) is 0.166. The van der Waals surface area contributed by atoms with Gasteiger partial charge in [-0.15, -0.1) is 0 Å². The van der Waals surface area contributed by atoms with E-state index in [4.69, 9.17) is 28.4 Å². The second-order valence-corrected chi connectivity index (χ2v) is 6.89. The maximum absolute atomic E-state index is 13.0. The number of allylic oxidation sites excluding steroid dienone is 3. The summed E-state index contributed by atoms with van der Waals surface area (Å²) in [5, 5.41) is 0. The standard InChI is InChI=1S/C25H27BF2O8/c1-30-18-12-22(32-3)20(23(13-18)33-4)9-7-16(29)11-17(36-26(27)28)8-10-21-24(34-5)14-19(31-2)15-25(21)35-6/h7-15H,1-6H3/b9-7+,10-8+,17-11-. The summed E-state index contributed by atoms with van der Waals surface area (Å²) in [5.74, 6) is 1.48. The Hall–Kier alpha value is -4.15. The fourth-order valence-corrected chi connectivity index (χ4v) is 3.14. The lowest BCUT2D eigenvalue weighted by molar-refractivity contribution is -0.110. The molecule has 8 nitrogen and oxygen atoms in total. The van der Waals surface area contributed by atoms with Crippen molar-refractivity contribution >= 4 is 25.4 Å². The zero-order chi connectivity index (χ0) is 26.7. The third-order valence-electron chi connectivity index (χ3n) is 4.84. The number of carbonyl (C=O) groups excluding carboxylic acids is 1. The maximum atomic E-state index is 13.0. The fraction of sp³-hybridized carbons (Fsp3) is 0.240. The summed E-state index contributed by atoms with van der Waals surface area (Å²) in [5.41, 5.74) is 0.891. The molecule has 0 amide bonds. The van der Waals surface area contributed by atoms with Gasteiger partial charge >= 0.3 is 7.47 Å². The Labute approximate surface area is 208 Å². The Balaban J connectivity index is 2.41. The highest BCUT2D eigenvalue weighted by molar-refractivity contribution is 6.35. The van der Waals surface area contributed by atoms with Crippen LogP contribution in [0.1, 0.15) is 11.1 Å². The molecule has 0 saturated carbocycles. The first kappa shape index (κ1) is 28.1. The number of benzene rings is 2. The van der Waals surface area contributed by atoms with Crippen LogP contribution in [0.15, 0.2) is 48.3 Å². The van der Waals surface area contributed by atoms with Crippen molar-refractivity contribution in [3.8, 4) is 34.5 Å². The van der Waals surface area contributed by atoms with Crippen molar-refractivity contribution in [3.05, 3.63) is 59.4 Å². The van der Waals surface area contributed by atoms with Crippen LogP contribution >= 0.6 is 0 Å². The van der Waals surface area contributed by atoms with Gasteiger partial charge in [-0.05, 0) is 24.3 Å². The molecule has 36 heavy (non-hydrogen) atoms. The smallest absolute Gasteiger partial charge is 0.505 e. The Morgan fingerprint density at radius 1 is 0.667 bits per heavy atom. The first-order valence-electron chi connectivity index (χ1n) is 10.5. The van der Waals surface area contributed by atoms with E-state index in [0.717, 1.165) is 6.08 Å². The number of ether oxygens (including phenoxy) is 6. The molecule has 0 unspecified atom stereocenters. The Kier molecular flexibility index (Phi) is 10.7. The van der Waals surface area contributed by atoms with Gasteiger partial charge in [-0.1, -0.05) is 0 Å². The van der Waals surface area contributed by atoms with Crippen molar-refractivity contribution in [3.63, 3.8) is 0 Å². The lowest BCUT2D eigenvalue weighted by Gasteiger charge is -2.13. The largest absolute Gasteiger partial charge is 0.796 e. The molecule has 0 aromatic heterocycles. The summed E-state index contributed by atoms with van der Waals surface area (Å²) in [4.78, 5) is 12.6. The fourth-order valence-electron chi connectivity index (χ4n) is 3.14. The molecule has 0 aliphatic heterocycles. The summed E-state index contributed by atoms with van der Waals surface area (Å²) in [6.45, 7) is 0. The van der Waals surface area contributed by atoms with E-state index in [1.807, 2.05) is 0 Å². The van der Waals surface area contributed by atoms with E-state index in [2.05, 4.69) is 4.65 Å². The number of hydrogen-bond acceptors (Lipinski definition) is 8. The zero-order valence-electron chi connectivity index (χ0n) is 20.8. The number of hydrogen-bond donors (Lipinski definition) is 0. The van der Waals surface area contributed by atoms with Crippen LogP contribution in [-0.4, -0.2) is 55.9 Å². The normalized spacial score (nSPS) is 11.4. The molecule has 0 aliphatic rings. The average Bonchev–Trinajstić information content (AvgIpc) is 2.88. The third kappa shape index (κ3) is 7.43. The van der Waals surface area contributed by atoms with Crippen LogP contribution < -0.4 is 28.4 Å². The molecule has 0 spiro atoms. The molecule has 0 fully saturated rings. The van der Waals surface area contributed by atoms with Crippen molar-refractivity contribution in [2.45, 2.75) is 0 Å². The molecular formula is C25H27BF2O8. The van der Waals surface area contributed by atoms with Gasteiger partial charge in [0.2, 0.25) is 0 Å². The van der Waals surface area contributed by atoms with Gasteiger partial charge in [0.05, 0.1) is 53.8 Å². The topological polar surface area (TPSA) is 81.7 Å². The van der Waals surface area contributed by atoms with Crippen molar-refractivity contribution in [2.75, 3.05) is 42.7 Å². The van der Waals surface area contributed by atoms with Gasteiger partial charge in [0.15, 0.2) is 5.78 Å². The number of carbonyl (C=O) groups is 1. The van der Waals surface area contributed by atoms with Gasteiger partial charge in [0.25, 0.3) is 0 Å². The van der Waals surface area contributed by atoms with Crippen LogP contribution in [0.5, 0.6) is 34.5 Å². The summed E-state index contributed by atoms with van der Waals surface area (Å²) >= 11 is 0. The predicted octanol–water partition coefficient (Wildman–Crippen LogP) is 4.86. The maximum Gasteiger partial charge on any atom is 0.796 e. The highest BCUT2D eigenvalue weighted by Gasteiger charge is 2.19. The van der Waals surface area contributed by atoms with Crippen molar-refractivity contribution < 1.29 is 46.5 Å². The summed E-state index contributed by atoms with van der Waals surface area (Å²) in [6.07, 6.45) is 6.17. The van der Waals surface area contributed by atoms with Gasteiger partial charge in [-0.3, -0.25) is 4.79 Å². The molecule has 192 valence electrons. The second kappa shape index (κ2) is 13.7. The molecule has 0 bridgehead atoms. The molecule has 0 heterocycles. The molecular weight excluding hydrogens is 477 g/mol. The third-order valence-corrected chi connectivity index (χ3v) is 4.84. The minimum absolute atomic E-state index is 0.365. The summed E-state index contributed by atoms with van der Waals surface area (Å²) < 4.78 is 62.3. The van der Waals surface area contributed by atoms with Gasteiger partial charge in [0.1, 0.15) is 40.3 Å². The van der Waals surface area contributed by atoms with E-state index in [1.54, 1.807) is 24.3 Å². The van der Waals surface area contributed by atoms with Crippen LogP contribution in [-0.2, 0) is 9.45 Å². The van der Waals surface area contributed by atoms with Crippen molar-refractivity contribution in [1.29, 1.82) is 0 Å². The van der Waals surface area contributed by atoms with E-state index < -0.39 is 13.3 Å². The van der Waals surface area contributed by atoms with E-state index >= 15 is 0 Å². The highest BCUT2D eigenvalue weighted by atomic mass is 19.2. The minimum atomic E-state index is -3.15. The molecule has 2 aromatic rings. The van der Waals surface area contributed by atoms with E-state index in [0.29, 0.717) is 45.6 Å². The Morgan fingerprint density at radius 3 is 1.39 bits per heavy atom. The van der Waals surface area contributed by atoms with Gasteiger partial charge in [0, 0.05) is 30.3 Å². The van der Waals surface area contributed by atoms with E-state index in [-0.39, 0.29) is 5.76 Å². The van der Waals surface area contributed by atoms with Gasteiger partial charge in [-0.2, -0.15) is 0 Å². The minimum Gasteiger partial charge on any atom is -0.505 e. The summed E-state index contributed by atoms with van der Waals surface area (Å²) in [6, 6.07) is 6.44. The first-order chi connectivity index (χ1) is 17.3. The molecule has 0 aliphatic carbocycles. The number of rotatable bonds is 13. The number of halogens is 2. The van der Waals surface area contributed by atoms with Crippen molar-refractivity contribution in [2.24, 2.45) is 0 Å². The molecule has 0 N–H and O–H groups in total.